The van der Waals surface area contributed by atoms with Gasteiger partial charge >= 0.3 is 0 Å². The van der Waals surface area contributed by atoms with Gasteiger partial charge in [-0.25, -0.2) is 4.98 Å². The highest BCUT2D eigenvalue weighted by Gasteiger charge is 2.16. The van der Waals surface area contributed by atoms with Crippen LogP contribution in [0, 0.1) is 13.8 Å². The molecule has 2 aromatic carbocycles. The Balaban J connectivity index is 1.63. The van der Waals surface area contributed by atoms with Crippen LogP contribution in [0.25, 0.3) is 11.3 Å². The van der Waals surface area contributed by atoms with Crippen molar-refractivity contribution < 1.29 is 14.0 Å². The minimum absolute atomic E-state index is 0.0317. The molecule has 0 saturated carbocycles. The number of aryl methyl sites for hydroxylation is 1. The minimum atomic E-state index is -0.238. The first-order valence-corrected chi connectivity index (χ1v) is 8.56. The zero-order valence-electron chi connectivity index (χ0n) is 15.5. The Hall–Kier alpha value is -3.41. The maximum absolute atomic E-state index is 12.6. The van der Waals surface area contributed by atoms with Gasteiger partial charge in [-0.2, -0.15) is 0 Å². The van der Waals surface area contributed by atoms with Gasteiger partial charge in [-0.1, -0.05) is 24.3 Å². The first kappa shape index (κ1) is 18.4. The Morgan fingerprint density at radius 1 is 1.11 bits per heavy atom. The molecule has 1 heterocycles. The highest BCUT2D eigenvalue weighted by Crippen LogP contribution is 2.20. The van der Waals surface area contributed by atoms with Gasteiger partial charge in [0.05, 0.1) is 12.7 Å². The Bertz CT molecular complexity index is 947. The topological polar surface area (TPSA) is 75.4 Å². The van der Waals surface area contributed by atoms with E-state index in [1.165, 1.54) is 11.3 Å². The van der Waals surface area contributed by atoms with Gasteiger partial charge in [-0.05, 0) is 43.2 Å². The van der Waals surface area contributed by atoms with Crippen LogP contribution < -0.4 is 5.32 Å². The zero-order valence-corrected chi connectivity index (χ0v) is 15.5. The molecule has 0 aliphatic rings. The van der Waals surface area contributed by atoms with E-state index in [0.717, 1.165) is 22.4 Å². The van der Waals surface area contributed by atoms with Crippen LogP contribution in [0.15, 0.2) is 59.5 Å². The van der Waals surface area contributed by atoms with Crippen molar-refractivity contribution in [2.75, 3.05) is 18.9 Å². The summed E-state index contributed by atoms with van der Waals surface area (Å²) in [6.07, 6.45) is 2.97. The van der Waals surface area contributed by atoms with Gasteiger partial charge in [0.25, 0.3) is 5.91 Å². The number of oxazole rings is 1. The van der Waals surface area contributed by atoms with Gasteiger partial charge in [-0.15, -0.1) is 0 Å². The number of benzene rings is 2. The number of nitrogens with zero attached hydrogens (tertiary/aromatic N) is 2. The summed E-state index contributed by atoms with van der Waals surface area (Å²) in [4.78, 5) is 30.1. The summed E-state index contributed by atoms with van der Waals surface area (Å²) in [5, 5.41) is 2.86. The fraction of sp³-hybridized carbons (Fsp3) is 0.190. The van der Waals surface area contributed by atoms with E-state index in [0.29, 0.717) is 11.3 Å². The lowest BCUT2D eigenvalue weighted by molar-refractivity contribution is -0.116. The van der Waals surface area contributed by atoms with Crippen LogP contribution in [0.5, 0.6) is 0 Å². The largest absolute Gasteiger partial charge is 0.444 e. The predicted octanol–water partition coefficient (Wildman–Crippen LogP) is 3.67. The van der Waals surface area contributed by atoms with Crippen molar-refractivity contribution in [1.82, 2.24) is 9.88 Å². The van der Waals surface area contributed by atoms with Gasteiger partial charge < -0.3 is 14.6 Å². The van der Waals surface area contributed by atoms with Crippen LogP contribution in [-0.4, -0.2) is 35.3 Å². The minimum Gasteiger partial charge on any atom is -0.444 e. The second-order valence-corrected chi connectivity index (χ2v) is 6.40. The van der Waals surface area contributed by atoms with Crippen molar-refractivity contribution in [1.29, 1.82) is 0 Å². The Kier molecular flexibility index (Phi) is 5.35. The lowest BCUT2D eigenvalue weighted by atomic mass is 10.1. The predicted molar refractivity (Wildman–Crippen MR) is 103 cm³/mol. The van der Waals surface area contributed by atoms with E-state index in [9.17, 15) is 9.59 Å². The van der Waals surface area contributed by atoms with Crippen LogP contribution in [0.3, 0.4) is 0 Å². The molecule has 0 unspecified atom stereocenters. The van der Waals surface area contributed by atoms with Crippen LogP contribution in [0.2, 0.25) is 0 Å². The van der Waals surface area contributed by atoms with E-state index in [1.807, 2.05) is 32.0 Å². The van der Waals surface area contributed by atoms with E-state index >= 15 is 0 Å². The number of carbonyl (C=O) groups excluding carboxylic acids is 2. The standard InChI is InChI=1S/C21H21N3O3/c1-14-5-4-6-18(15(14)2)23-20(25)12-24(3)21(26)17-9-7-16(8-10-17)19-11-22-13-27-19/h4-11,13H,12H2,1-3H3,(H,23,25). The van der Waals surface area contributed by atoms with Crippen molar-refractivity contribution in [2.45, 2.75) is 13.8 Å². The number of aromatic nitrogens is 1. The first-order valence-electron chi connectivity index (χ1n) is 8.56. The normalized spacial score (nSPS) is 10.5. The number of likely N-dealkylation sites (N-methyl/N-ethyl adjacent to an activating group) is 1. The molecule has 1 N–H and O–H groups in total. The van der Waals surface area contributed by atoms with E-state index < -0.39 is 0 Å². The van der Waals surface area contributed by atoms with E-state index in [-0.39, 0.29) is 18.4 Å². The monoisotopic (exact) mass is 363 g/mol. The Morgan fingerprint density at radius 3 is 2.52 bits per heavy atom. The van der Waals surface area contributed by atoms with E-state index in [2.05, 4.69) is 10.3 Å². The van der Waals surface area contributed by atoms with Crippen molar-refractivity contribution in [3.05, 3.63) is 71.7 Å². The van der Waals surface area contributed by atoms with E-state index in [4.69, 9.17) is 4.42 Å². The Labute approximate surface area is 157 Å². The zero-order chi connectivity index (χ0) is 19.4. The summed E-state index contributed by atoms with van der Waals surface area (Å²) in [6, 6.07) is 12.7. The molecule has 1 aromatic heterocycles. The molecule has 0 saturated heterocycles. The highest BCUT2D eigenvalue weighted by atomic mass is 16.3. The molecule has 3 aromatic rings. The third-order valence-electron chi connectivity index (χ3n) is 4.45. The van der Waals surface area contributed by atoms with Crippen molar-refractivity contribution in [2.24, 2.45) is 0 Å². The van der Waals surface area contributed by atoms with Crippen LogP contribution in [0.1, 0.15) is 21.5 Å². The van der Waals surface area contributed by atoms with Gasteiger partial charge in [0.15, 0.2) is 12.2 Å². The van der Waals surface area contributed by atoms with Crippen LogP contribution >= 0.6 is 0 Å². The molecule has 27 heavy (non-hydrogen) atoms. The molecule has 0 aliphatic heterocycles. The number of hydrogen-bond acceptors (Lipinski definition) is 4. The highest BCUT2D eigenvalue weighted by molar-refractivity contribution is 5.99. The second kappa shape index (κ2) is 7.86. The fourth-order valence-corrected chi connectivity index (χ4v) is 2.72. The van der Waals surface area contributed by atoms with Crippen LogP contribution in [0.4, 0.5) is 5.69 Å². The molecular weight excluding hydrogens is 342 g/mol. The summed E-state index contributed by atoms with van der Waals surface area (Å²) in [6.45, 7) is 3.91. The molecule has 0 radical (unpaired) electrons. The molecule has 0 spiro atoms. The third kappa shape index (κ3) is 4.23. The molecule has 3 rings (SSSR count). The smallest absolute Gasteiger partial charge is 0.254 e. The summed E-state index contributed by atoms with van der Waals surface area (Å²) in [5.41, 5.74) is 4.21. The molecule has 6 nitrogen and oxygen atoms in total. The number of carbonyl (C=O) groups is 2. The van der Waals surface area contributed by atoms with Gasteiger partial charge in [0.1, 0.15) is 0 Å². The van der Waals surface area contributed by atoms with Gasteiger partial charge in [0.2, 0.25) is 5.91 Å². The summed E-state index contributed by atoms with van der Waals surface area (Å²) in [7, 11) is 1.61. The van der Waals surface area contributed by atoms with Gasteiger partial charge in [-0.3, -0.25) is 9.59 Å². The molecule has 0 fully saturated rings. The molecular formula is C21H21N3O3. The molecule has 2 amide bonds. The van der Waals surface area contributed by atoms with Crippen molar-refractivity contribution >= 4 is 17.5 Å². The van der Waals surface area contributed by atoms with E-state index in [1.54, 1.807) is 37.5 Å². The quantitative estimate of drug-likeness (QED) is 0.750. The number of nitrogens with one attached hydrogen (secondary N) is 1. The summed E-state index contributed by atoms with van der Waals surface area (Å²) < 4.78 is 5.24. The number of rotatable bonds is 5. The number of amides is 2. The third-order valence-corrected chi connectivity index (χ3v) is 4.45. The molecule has 6 heteroatoms. The van der Waals surface area contributed by atoms with Crippen LogP contribution in [-0.2, 0) is 4.79 Å². The first-order chi connectivity index (χ1) is 13.0. The molecule has 0 aliphatic carbocycles. The average Bonchev–Trinajstić information content (AvgIpc) is 3.19. The summed E-state index contributed by atoms with van der Waals surface area (Å²) in [5.74, 6) is 0.170. The number of anilines is 1. The fourth-order valence-electron chi connectivity index (χ4n) is 2.72. The average molecular weight is 363 g/mol. The lowest BCUT2D eigenvalue weighted by Gasteiger charge is -2.18. The maximum atomic E-state index is 12.6. The van der Waals surface area contributed by atoms with Crippen molar-refractivity contribution in [3.63, 3.8) is 0 Å². The Morgan fingerprint density at radius 2 is 1.85 bits per heavy atom. The molecule has 0 bridgehead atoms. The number of hydrogen-bond donors (Lipinski definition) is 1. The van der Waals surface area contributed by atoms with Gasteiger partial charge in [0, 0.05) is 23.9 Å². The molecule has 0 atom stereocenters. The molecule has 138 valence electrons. The van der Waals surface area contributed by atoms with Crippen molar-refractivity contribution in [3.8, 4) is 11.3 Å². The second-order valence-electron chi connectivity index (χ2n) is 6.40. The SMILES string of the molecule is Cc1cccc(NC(=O)CN(C)C(=O)c2ccc(-c3cnco3)cc2)c1C. The lowest BCUT2D eigenvalue weighted by Crippen LogP contribution is -2.35. The summed E-state index contributed by atoms with van der Waals surface area (Å²) >= 11 is 0. The maximum Gasteiger partial charge on any atom is 0.254 e.